The lowest BCUT2D eigenvalue weighted by molar-refractivity contribution is -0.136. The standard InChI is InChI=1S/C18H23NO3S/c1-5-11(2)17-12(3)19-15-7-6-13(22-4)10-14(15)18(17)23-9-8-16(20)21/h6-7,10-11H,5,8-9H2,1-4H3,(H,20,21). The van der Waals surface area contributed by atoms with Crippen LogP contribution in [-0.2, 0) is 4.79 Å². The number of pyridine rings is 1. The number of rotatable bonds is 7. The normalized spacial score (nSPS) is 12.3. The van der Waals surface area contributed by atoms with Crippen LogP contribution in [-0.4, -0.2) is 28.9 Å². The van der Waals surface area contributed by atoms with Gasteiger partial charge in [0.15, 0.2) is 0 Å². The first-order chi connectivity index (χ1) is 11.0. The fraction of sp³-hybridized carbons (Fsp3) is 0.444. The molecule has 0 bridgehead atoms. The van der Waals surface area contributed by atoms with E-state index < -0.39 is 5.97 Å². The second-order valence-corrected chi connectivity index (χ2v) is 6.73. The average Bonchev–Trinajstić information content (AvgIpc) is 2.53. The maximum Gasteiger partial charge on any atom is 0.304 e. The molecule has 2 aromatic rings. The molecule has 5 heteroatoms. The van der Waals surface area contributed by atoms with E-state index in [1.165, 1.54) is 5.56 Å². The summed E-state index contributed by atoms with van der Waals surface area (Å²) in [6, 6.07) is 5.86. The van der Waals surface area contributed by atoms with Gasteiger partial charge in [0, 0.05) is 21.7 Å². The van der Waals surface area contributed by atoms with Crippen LogP contribution in [0.15, 0.2) is 23.1 Å². The third-order valence-electron chi connectivity index (χ3n) is 4.04. The molecular weight excluding hydrogens is 310 g/mol. The van der Waals surface area contributed by atoms with Crippen molar-refractivity contribution in [3.63, 3.8) is 0 Å². The van der Waals surface area contributed by atoms with Gasteiger partial charge in [0.2, 0.25) is 0 Å². The zero-order chi connectivity index (χ0) is 17.0. The summed E-state index contributed by atoms with van der Waals surface area (Å²) in [5, 5.41) is 9.96. The molecule has 1 unspecified atom stereocenters. The number of benzene rings is 1. The van der Waals surface area contributed by atoms with Crippen LogP contribution < -0.4 is 4.74 Å². The van der Waals surface area contributed by atoms with E-state index >= 15 is 0 Å². The number of carboxylic acid groups (broad SMARTS) is 1. The van der Waals surface area contributed by atoms with Crippen LogP contribution in [0.2, 0.25) is 0 Å². The maximum atomic E-state index is 10.8. The summed E-state index contributed by atoms with van der Waals surface area (Å²) in [6.45, 7) is 6.38. The smallest absolute Gasteiger partial charge is 0.304 e. The highest BCUT2D eigenvalue weighted by molar-refractivity contribution is 7.99. The number of fused-ring (bicyclic) bond motifs is 1. The van der Waals surface area contributed by atoms with Crippen molar-refractivity contribution in [1.29, 1.82) is 0 Å². The number of methoxy groups -OCH3 is 1. The van der Waals surface area contributed by atoms with Crippen LogP contribution in [0.1, 0.15) is 43.9 Å². The first-order valence-corrected chi connectivity index (χ1v) is 8.79. The highest BCUT2D eigenvalue weighted by Crippen LogP contribution is 2.38. The van der Waals surface area contributed by atoms with E-state index in [0.29, 0.717) is 11.7 Å². The van der Waals surface area contributed by atoms with Gasteiger partial charge in [-0.25, -0.2) is 0 Å². The Labute approximate surface area is 141 Å². The molecule has 1 aromatic carbocycles. The van der Waals surface area contributed by atoms with Gasteiger partial charge < -0.3 is 9.84 Å². The molecule has 0 saturated carbocycles. The van der Waals surface area contributed by atoms with Gasteiger partial charge in [-0.1, -0.05) is 13.8 Å². The maximum absolute atomic E-state index is 10.8. The molecule has 4 nitrogen and oxygen atoms in total. The molecule has 1 heterocycles. The van der Waals surface area contributed by atoms with Gasteiger partial charge >= 0.3 is 5.97 Å². The Bertz CT molecular complexity index is 715. The Balaban J connectivity index is 2.59. The summed E-state index contributed by atoms with van der Waals surface area (Å²) in [6.07, 6.45) is 1.17. The summed E-state index contributed by atoms with van der Waals surface area (Å²) in [5.41, 5.74) is 3.17. The number of carboxylic acids is 1. The fourth-order valence-corrected chi connectivity index (χ4v) is 3.96. The van der Waals surface area contributed by atoms with E-state index in [2.05, 4.69) is 13.8 Å². The lowest BCUT2D eigenvalue weighted by atomic mass is 9.95. The van der Waals surface area contributed by atoms with Gasteiger partial charge in [-0.15, -0.1) is 11.8 Å². The first-order valence-electron chi connectivity index (χ1n) is 7.80. The molecule has 1 aromatic heterocycles. The highest BCUT2D eigenvalue weighted by atomic mass is 32.2. The van der Waals surface area contributed by atoms with Crippen LogP contribution in [0, 0.1) is 6.92 Å². The molecule has 23 heavy (non-hydrogen) atoms. The predicted octanol–water partition coefficient (Wildman–Crippen LogP) is 4.63. The van der Waals surface area contributed by atoms with Crippen molar-refractivity contribution < 1.29 is 14.6 Å². The lowest BCUT2D eigenvalue weighted by Crippen LogP contribution is -2.03. The Morgan fingerprint density at radius 1 is 1.43 bits per heavy atom. The Morgan fingerprint density at radius 2 is 2.17 bits per heavy atom. The minimum absolute atomic E-state index is 0.150. The average molecular weight is 333 g/mol. The van der Waals surface area contributed by atoms with Crippen LogP contribution in [0.5, 0.6) is 5.75 Å². The number of carbonyl (C=O) groups is 1. The number of aliphatic carboxylic acids is 1. The van der Waals surface area contributed by atoms with E-state index in [0.717, 1.165) is 33.7 Å². The van der Waals surface area contributed by atoms with Crippen molar-refractivity contribution >= 4 is 28.6 Å². The molecule has 0 aliphatic carbocycles. The van der Waals surface area contributed by atoms with Crippen molar-refractivity contribution in [3.05, 3.63) is 29.5 Å². The van der Waals surface area contributed by atoms with E-state index in [-0.39, 0.29) is 6.42 Å². The zero-order valence-electron chi connectivity index (χ0n) is 14.0. The second-order valence-electron chi connectivity index (χ2n) is 5.62. The van der Waals surface area contributed by atoms with E-state index in [1.807, 2.05) is 25.1 Å². The number of hydrogen-bond donors (Lipinski definition) is 1. The molecule has 124 valence electrons. The summed E-state index contributed by atoms with van der Waals surface area (Å²) < 4.78 is 5.35. The molecule has 0 aliphatic heterocycles. The number of aromatic nitrogens is 1. The number of ether oxygens (including phenoxy) is 1. The Hall–Kier alpha value is -1.75. The van der Waals surface area contributed by atoms with Crippen molar-refractivity contribution in [1.82, 2.24) is 4.98 Å². The van der Waals surface area contributed by atoms with Crippen molar-refractivity contribution in [3.8, 4) is 5.75 Å². The van der Waals surface area contributed by atoms with Gasteiger partial charge in [-0.2, -0.15) is 0 Å². The van der Waals surface area contributed by atoms with Crippen molar-refractivity contribution in [2.24, 2.45) is 0 Å². The minimum Gasteiger partial charge on any atom is -0.497 e. The summed E-state index contributed by atoms with van der Waals surface area (Å²) in [7, 11) is 1.65. The van der Waals surface area contributed by atoms with Crippen LogP contribution >= 0.6 is 11.8 Å². The van der Waals surface area contributed by atoms with Gasteiger partial charge in [0.05, 0.1) is 19.0 Å². The van der Waals surface area contributed by atoms with E-state index in [4.69, 9.17) is 14.8 Å². The molecule has 1 atom stereocenters. The predicted molar refractivity (Wildman–Crippen MR) is 94.7 cm³/mol. The van der Waals surface area contributed by atoms with E-state index in [1.54, 1.807) is 18.9 Å². The van der Waals surface area contributed by atoms with Crippen LogP contribution in [0.4, 0.5) is 0 Å². The Kier molecular flexibility index (Phi) is 5.88. The molecule has 0 amide bonds. The van der Waals surface area contributed by atoms with Crippen LogP contribution in [0.3, 0.4) is 0 Å². The van der Waals surface area contributed by atoms with E-state index in [9.17, 15) is 4.79 Å². The zero-order valence-corrected chi connectivity index (χ0v) is 14.9. The third-order valence-corrected chi connectivity index (χ3v) is 5.18. The van der Waals surface area contributed by atoms with Crippen LogP contribution in [0.25, 0.3) is 10.9 Å². The minimum atomic E-state index is -0.768. The van der Waals surface area contributed by atoms with Crippen molar-refractivity contribution in [2.45, 2.75) is 44.4 Å². The molecule has 0 spiro atoms. The topological polar surface area (TPSA) is 59.4 Å². The molecule has 1 N–H and O–H groups in total. The highest BCUT2D eigenvalue weighted by Gasteiger charge is 2.18. The van der Waals surface area contributed by atoms with Crippen molar-refractivity contribution in [2.75, 3.05) is 12.9 Å². The molecule has 0 saturated heterocycles. The Morgan fingerprint density at radius 3 is 2.78 bits per heavy atom. The largest absolute Gasteiger partial charge is 0.497 e. The third kappa shape index (κ3) is 3.96. The quantitative estimate of drug-likeness (QED) is 0.748. The summed E-state index contributed by atoms with van der Waals surface area (Å²) in [4.78, 5) is 16.7. The second kappa shape index (κ2) is 7.68. The fourth-order valence-electron chi connectivity index (χ4n) is 2.65. The molecule has 0 radical (unpaired) electrons. The number of thioether (sulfide) groups is 1. The molecular formula is C18H23NO3S. The van der Waals surface area contributed by atoms with Gasteiger partial charge in [-0.05, 0) is 43.0 Å². The first kappa shape index (κ1) is 17.6. The lowest BCUT2D eigenvalue weighted by Gasteiger charge is -2.19. The monoisotopic (exact) mass is 333 g/mol. The number of hydrogen-bond acceptors (Lipinski definition) is 4. The number of aryl methyl sites for hydroxylation is 1. The summed E-state index contributed by atoms with van der Waals surface area (Å²) in [5.74, 6) is 0.952. The molecule has 0 fully saturated rings. The SMILES string of the molecule is CCC(C)c1c(C)nc2ccc(OC)cc2c1SCCC(=O)O. The summed E-state index contributed by atoms with van der Waals surface area (Å²) >= 11 is 1.61. The van der Waals surface area contributed by atoms with Gasteiger partial charge in [-0.3, -0.25) is 9.78 Å². The number of nitrogens with zero attached hydrogens (tertiary/aromatic N) is 1. The molecule has 0 aliphatic rings. The van der Waals surface area contributed by atoms with Gasteiger partial charge in [0.1, 0.15) is 5.75 Å². The van der Waals surface area contributed by atoms with Gasteiger partial charge in [0.25, 0.3) is 0 Å². The molecule has 2 rings (SSSR count).